The highest BCUT2D eigenvalue weighted by molar-refractivity contribution is 5.85. The van der Waals surface area contributed by atoms with Crippen LogP contribution in [0.2, 0.25) is 0 Å². The first-order valence-electron chi connectivity index (χ1n) is 3.33. The molecule has 1 heterocycles. The molecular formula is C6H12ClFN2O. The molecule has 1 aliphatic rings. The second kappa shape index (κ2) is 4.51. The molecule has 1 saturated heterocycles. The van der Waals surface area contributed by atoms with Crippen molar-refractivity contribution in [3.05, 3.63) is 0 Å². The van der Waals surface area contributed by atoms with Gasteiger partial charge in [-0.2, -0.15) is 0 Å². The van der Waals surface area contributed by atoms with E-state index in [9.17, 15) is 9.18 Å². The van der Waals surface area contributed by atoms with Crippen LogP contribution < -0.4 is 10.6 Å². The Balaban J connectivity index is 0.000001000. The summed E-state index contributed by atoms with van der Waals surface area (Å²) in [6, 6.07) is -0.319. The van der Waals surface area contributed by atoms with E-state index in [0.717, 1.165) is 0 Å². The summed E-state index contributed by atoms with van der Waals surface area (Å²) in [4.78, 5) is 10.8. The first-order chi connectivity index (χ1) is 4.74. The van der Waals surface area contributed by atoms with Crippen LogP contribution in [0.1, 0.15) is 6.42 Å². The second-order valence-corrected chi connectivity index (χ2v) is 2.41. The lowest BCUT2D eigenvalue weighted by Crippen LogP contribution is -2.38. The van der Waals surface area contributed by atoms with Crippen molar-refractivity contribution in [3.8, 4) is 0 Å². The van der Waals surface area contributed by atoms with E-state index in [1.807, 2.05) is 0 Å². The quantitative estimate of drug-likeness (QED) is 0.593. The minimum absolute atomic E-state index is 0. The van der Waals surface area contributed by atoms with Crippen LogP contribution in [0, 0.1) is 0 Å². The van der Waals surface area contributed by atoms with Gasteiger partial charge in [0, 0.05) is 20.0 Å². The molecule has 5 heteroatoms. The van der Waals surface area contributed by atoms with Gasteiger partial charge in [0.2, 0.25) is 5.91 Å². The summed E-state index contributed by atoms with van der Waals surface area (Å²) in [6.45, 7) is 0.304. The van der Waals surface area contributed by atoms with E-state index in [1.54, 1.807) is 7.05 Å². The van der Waals surface area contributed by atoms with Gasteiger partial charge >= 0.3 is 0 Å². The van der Waals surface area contributed by atoms with Crippen molar-refractivity contribution in [1.29, 1.82) is 0 Å². The molecule has 1 amide bonds. The summed E-state index contributed by atoms with van der Waals surface area (Å²) >= 11 is 0. The molecule has 2 atom stereocenters. The average molecular weight is 183 g/mol. The molecule has 1 fully saturated rings. The summed E-state index contributed by atoms with van der Waals surface area (Å²) < 4.78 is 12.4. The molecular weight excluding hydrogens is 171 g/mol. The molecule has 0 unspecified atom stereocenters. The fourth-order valence-electron chi connectivity index (χ4n) is 1.07. The number of alkyl halides is 1. The standard InChI is InChI=1S/C6H11FN2O.ClH/c1-8-6(10)5-2-4(7)3-9-5;/h4-5,9H,2-3H2,1H3,(H,8,10);1H/t4-,5+;/m1./s1. The van der Waals surface area contributed by atoms with E-state index in [1.165, 1.54) is 0 Å². The van der Waals surface area contributed by atoms with Gasteiger partial charge in [0.1, 0.15) is 6.17 Å². The van der Waals surface area contributed by atoms with Gasteiger partial charge in [-0.25, -0.2) is 4.39 Å². The maximum atomic E-state index is 12.4. The lowest BCUT2D eigenvalue weighted by molar-refractivity contribution is -0.122. The normalized spacial score (nSPS) is 29.3. The fraction of sp³-hybridized carbons (Fsp3) is 0.833. The summed E-state index contributed by atoms with van der Waals surface area (Å²) in [7, 11) is 1.55. The zero-order chi connectivity index (χ0) is 7.56. The Morgan fingerprint density at radius 3 is 2.73 bits per heavy atom. The van der Waals surface area contributed by atoms with E-state index in [-0.39, 0.29) is 24.4 Å². The number of halogens is 2. The molecule has 0 bridgehead atoms. The summed E-state index contributed by atoms with van der Waals surface area (Å²) in [5.74, 6) is -0.125. The van der Waals surface area contributed by atoms with Crippen LogP contribution in [-0.4, -0.2) is 31.7 Å². The third-order valence-electron chi connectivity index (χ3n) is 1.64. The highest BCUT2D eigenvalue weighted by Crippen LogP contribution is 2.09. The largest absolute Gasteiger partial charge is 0.358 e. The first-order valence-corrected chi connectivity index (χ1v) is 3.33. The molecule has 0 aromatic carbocycles. The van der Waals surface area contributed by atoms with Gasteiger partial charge in [-0.05, 0) is 0 Å². The van der Waals surface area contributed by atoms with Crippen LogP contribution in [-0.2, 0) is 4.79 Å². The van der Waals surface area contributed by atoms with E-state index in [4.69, 9.17) is 0 Å². The van der Waals surface area contributed by atoms with Crippen molar-refractivity contribution in [2.24, 2.45) is 0 Å². The third-order valence-corrected chi connectivity index (χ3v) is 1.64. The highest BCUT2D eigenvalue weighted by Gasteiger charge is 2.28. The molecule has 11 heavy (non-hydrogen) atoms. The maximum absolute atomic E-state index is 12.4. The molecule has 0 saturated carbocycles. The second-order valence-electron chi connectivity index (χ2n) is 2.41. The van der Waals surface area contributed by atoms with Gasteiger partial charge in [-0.3, -0.25) is 4.79 Å². The number of carbonyl (C=O) groups excluding carboxylic acids is 1. The minimum Gasteiger partial charge on any atom is -0.358 e. The van der Waals surface area contributed by atoms with Crippen LogP contribution in [0.3, 0.4) is 0 Å². The third kappa shape index (κ3) is 2.63. The highest BCUT2D eigenvalue weighted by atomic mass is 35.5. The van der Waals surface area contributed by atoms with Crippen molar-refractivity contribution in [2.75, 3.05) is 13.6 Å². The minimum atomic E-state index is -0.859. The molecule has 2 N–H and O–H groups in total. The molecule has 3 nitrogen and oxygen atoms in total. The molecule has 1 rings (SSSR count). The van der Waals surface area contributed by atoms with E-state index < -0.39 is 6.17 Å². The van der Waals surface area contributed by atoms with Crippen LogP contribution in [0.15, 0.2) is 0 Å². The van der Waals surface area contributed by atoms with Crippen molar-refractivity contribution < 1.29 is 9.18 Å². The Kier molecular flexibility index (Phi) is 4.37. The first kappa shape index (κ1) is 10.7. The molecule has 1 aliphatic heterocycles. The Labute approximate surface area is 71.1 Å². The maximum Gasteiger partial charge on any atom is 0.236 e. The van der Waals surface area contributed by atoms with Gasteiger partial charge in [0.25, 0.3) is 0 Å². The van der Waals surface area contributed by atoms with Crippen LogP contribution in [0.25, 0.3) is 0 Å². The molecule has 0 aliphatic carbocycles. The van der Waals surface area contributed by atoms with Crippen LogP contribution in [0.5, 0.6) is 0 Å². The zero-order valence-corrected chi connectivity index (χ0v) is 7.08. The molecule has 66 valence electrons. The predicted octanol–water partition coefficient (Wildman–Crippen LogP) is -0.146. The molecule has 0 radical (unpaired) electrons. The van der Waals surface area contributed by atoms with Crippen LogP contribution >= 0.6 is 12.4 Å². The summed E-state index contributed by atoms with van der Waals surface area (Å²) in [5, 5.41) is 5.23. The van der Waals surface area contributed by atoms with E-state index in [2.05, 4.69) is 10.6 Å². The lowest BCUT2D eigenvalue weighted by Gasteiger charge is -2.05. The Bertz CT molecular complexity index is 145. The Hall–Kier alpha value is -0.350. The SMILES string of the molecule is CNC(=O)[C@@H]1C[C@@H](F)CN1.Cl. The Morgan fingerprint density at radius 2 is 2.36 bits per heavy atom. The smallest absolute Gasteiger partial charge is 0.236 e. The van der Waals surface area contributed by atoms with Crippen molar-refractivity contribution in [3.63, 3.8) is 0 Å². The summed E-state index contributed by atoms with van der Waals surface area (Å²) in [5.41, 5.74) is 0. The average Bonchev–Trinajstić information content (AvgIpc) is 2.34. The van der Waals surface area contributed by atoms with E-state index in [0.29, 0.717) is 13.0 Å². The molecule has 0 aromatic rings. The van der Waals surface area contributed by atoms with E-state index >= 15 is 0 Å². The van der Waals surface area contributed by atoms with Gasteiger partial charge in [-0.1, -0.05) is 0 Å². The molecule has 0 aromatic heterocycles. The summed E-state index contributed by atoms with van der Waals surface area (Å²) in [6.07, 6.45) is -0.554. The van der Waals surface area contributed by atoms with Crippen molar-refractivity contribution in [1.82, 2.24) is 10.6 Å². The monoisotopic (exact) mass is 182 g/mol. The zero-order valence-electron chi connectivity index (χ0n) is 6.26. The van der Waals surface area contributed by atoms with Gasteiger partial charge in [0.15, 0.2) is 0 Å². The van der Waals surface area contributed by atoms with Crippen molar-refractivity contribution >= 4 is 18.3 Å². The van der Waals surface area contributed by atoms with Gasteiger partial charge < -0.3 is 10.6 Å². The number of hydrogen-bond acceptors (Lipinski definition) is 2. The fourth-order valence-corrected chi connectivity index (χ4v) is 1.07. The number of carbonyl (C=O) groups is 1. The number of rotatable bonds is 1. The number of amides is 1. The van der Waals surface area contributed by atoms with Crippen molar-refractivity contribution in [2.45, 2.75) is 18.6 Å². The topological polar surface area (TPSA) is 41.1 Å². The van der Waals surface area contributed by atoms with Crippen LogP contribution in [0.4, 0.5) is 4.39 Å². The number of likely N-dealkylation sites (N-methyl/N-ethyl adjacent to an activating group) is 1. The lowest BCUT2D eigenvalue weighted by atomic mass is 10.2. The number of hydrogen-bond donors (Lipinski definition) is 2. The van der Waals surface area contributed by atoms with Gasteiger partial charge in [-0.15, -0.1) is 12.4 Å². The Morgan fingerprint density at radius 1 is 1.73 bits per heavy atom. The number of nitrogens with one attached hydrogen (secondary N) is 2. The van der Waals surface area contributed by atoms with Gasteiger partial charge in [0.05, 0.1) is 6.04 Å². The molecule has 0 spiro atoms. The predicted molar refractivity (Wildman–Crippen MR) is 42.6 cm³/mol.